The minimum atomic E-state index is -0.242. The molecule has 0 saturated carbocycles. The number of fused-ring (bicyclic) bond motifs is 3. The number of hydrogen-bond donors (Lipinski definition) is 2. The highest BCUT2D eigenvalue weighted by Crippen LogP contribution is 2.28. The highest BCUT2D eigenvalue weighted by Gasteiger charge is 2.17. The molecule has 7 nitrogen and oxygen atoms in total. The fourth-order valence-electron chi connectivity index (χ4n) is 3.17. The SMILES string of the molecule is CCCc1nc2c(N)nc3cccnc3c2n1CCCCCC(N)=O. The smallest absolute Gasteiger partial charge is 0.217 e. The summed E-state index contributed by atoms with van der Waals surface area (Å²) in [4.78, 5) is 24.6. The maximum absolute atomic E-state index is 10.9. The third kappa shape index (κ3) is 3.55. The Morgan fingerprint density at radius 1 is 1.20 bits per heavy atom. The lowest BCUT2D eigenvalue weighted by Crippen LogP contribution is -2.10. The molecule has 7 heteroatoms. The first kappa shape index (κ1) is 17.1. The highest BCUT2D eigenvalue weighted by atomic mass is 16.1. The maximum Gasteiger partial charge on any atom is 0.217 e. The van der Waals surface area contributed by atoms with Crippen molar-refractivity contribution in [2.24, 2.45) is 5.73 Å². The molecule has 0 fully saturated rings. The Morgan fingerprint density at radius 2 is 2.04 bits per heavy atom. The second-order valence-electron chi connectivity index (χ2n) is 6.27. The summed E-state index contributed by atoms with van der Waals surface area (Å²) in [5, 5.41) is 0. The average molecular weight is 340 g/mol. The van der Waals surface area contributed by atoms with E-state index >= 15 is 0 Å². The number of carbonyl (C=O) groups excluding carboxylic acids is 1. The minimum absolute atomic E-state index is 0.242. The molecule has 0 spiro atoms. The molecule has 25 heavy (non-hydrogen) atoms. The van der Waals surface area contributed by atoms with Gasteiger partial charge in [-0.15, -0.1) is 0 Å². The number of imidazole rings is 1. The van der Waals surface area contributed by atoms with Gasteiger partial charge in [0.15, 0.2) is 5.82 Å². The number of aryl methyl sites for hydroxylation is 2. The number of unbranched alkanes of at least 4 members (excludes halogenated alkanes) is 2. The lowest BCUT2D eigenvalue weighted by Gasteiger charge is -2.10. The van der Waals surface area contributed by atoms with Crippen LogP contribution in [0, 0.1) is 0 Å². The molecule has 1 amide bonds. The maximum atomic E-state index is 10.9. The van der Waals surface area contributed by atoms with Gasteiger partial charge in [-0.25, -0.2) is 9.97 Å². The number of nitrogen functional groups attached to an aromatic ring is 1. The Kier molecular flexibility index (Phi) is 5.11. The van der Waals surface area contributed by atoms with Crippen LogP contribution in [-0.4, -0.2) is 25.4 Å². The molecule has 3 aromatic heterocycles. The number of carbonyl (C=O) groups is 1. The monoisotopic (exact) mass is 340 g/mol. The van der Waals surface area contributed by atoms with E-state index in [0.29, 0.717) is 12.2 Å². The molecular formula is C18H24N6O. The van der Waals surface area contributed by atoms with Gasteiger partial charge in [-0.2, -0.15) is 0 Å². The van der Waals surface area contributed by atoms with Crippen molar-refractivity contribution in [3.63, 3.8) is 0 Å². The predicted octanol–water partition coefficient (Wildman–Crippen LogP) is 2.56. The summed E-state index contributed by atoms with van der Waals surface area (Å²) in [6.07, 6.45) is 6.80. The number of pyridine rings is 2. The Bertz CT molecular complexity index is 901. The molecular weight excluding hydrogens is 316 g/mol. The molecule has 0 unspecified atom stereocenters. The Labute approximate surface area is 146 Å². The summed E-state index contributed by atoms with van der Waals surface area (Å²) in [6.45, 7) is 2.95. The molecule has 4 N–H and O–H groups in total. The van der Waals surface area contributed by atoms with Gasteiger partial charge in [0.1, 0.15) is 22.4 Å². The van der Waals surface area contributed by atoms with Gasteiger partial charge in [-0.05, 0) is 31.4 Å². The van der Waals surface area contributed by atoms with Crippen molar-refractivity contribution in [3.8, 4) is 0 Å². The van der Waals surface area contributed by atoms with Crippen LogP contribution in [0.4, 0.5) is 5.82 Å². The topological polar surface area (TPSA) is 113 Å². The van der Waals surface area contributed by atoms with E-state index in [1.165, 1.54) is 0 Å². The van der Waals surface area contributed by atoms with Gasteiger partial charge in [0.2, 0.25) is 5.91 Å². The first-order chi connectivity index (χ1) is 12.1. The van der Waals surface area contributed by atoms with Gasteiger partial charge in [0, 0.05) is 25.6 Å². The molecule has 3 aromatic rings. The van der Waals surface area contributed by atoms with E-state index in [9.17, 15) is 4.79 Å². The largest absolute Gasteiger partial charge is 0.382 e. The van der Waals surface area contributed by atoms with Crippen molar-refractivity contribution in [2.45, 2.75) is 52.0 Å². The van der Waals surface area contributed by atoms with Gasteiger partial charge in [0.25, 0.3) is 0 Å². The molecule has 0 aliphatic rings. The average Bonchev–Trinajstić information content (AvgIpc) is 2.94. The summed E-state index contributed by atoms with van der Waals surface area (Å²) in [7, 11) is 0. The van der Waals surface area contributed by atoms with Crippen LogP contribution in [0.2, 0.25) is 0 Å². The van der Waals surface area contributed by atoms with Crippen molar-refractivity contribution in [1.82, 2.24) is 19.5 Å². The van der Waals surface area contributed by atoms with Crippen molar-refractivity contribution in [2.75, 3.05) is 5.73 Å². The zero-order valence-corrected chi connectivity index (χ0v) is 14.5. The molecule has 0 saturated heterocycles. The third-order valence-corrected chi connectivity index (χ3v) is 4.32. The summed E-state index contributed by atoms with van der Waals surface area (Å²) in [5.74, 6) is 1.22. The molecule has 0 aromatic carbocycles. The number of nitrogens with two attached hydrogens (primary N) is 2. The van der Waals surface area contributed by atoms with E-state index in [2.05, 4.69) is 21.5 Å². The van der Waals surface area contributed by atoms with Gasteiger partial charge in [-0.1, -0.05) is 13.3 Å². The molecule has 0 radical (unpaired) electrons. The fraction of sp³-hybridized carbons (Fsp3) is 0.444. The third-order valence-electron chi connectivity index (χ3n) is 4.32. The van der Waals surface area contributed by atoms with Gasteiger partial charge in [-0.3, -0.25) is 9.78 Å². The number of primary amides is 1. The summed E-state index contributed by atoms with van der Waals surface area (Å²) in [6, 6.07) is 3.78. The van der Waals surface area contributed by atoms with E-state index < -0.39 is 0 Å². The number of rotatable bonds is 8. The fourth-order valence-corrected chi connectivity index (χ4v) is 3.17. The zero-order chi connectivity index (χ0) is 17.8. The van der Waals surface area contributed by atoms with Gasteiger partial charge >= 0.3 is 0 Å². The Morgan fingerprint density at radius 3 is 2.80 bits per heavy atom. The molecule has 0 aliphatic heterocycles. The van der Waals surface area contributed by atoms with E-state index in [1.807, 2.05) is 12.1 Å². The minimum Gasteiger partial charge on any atom is -0.382 e. The summed E-state index contributed by atoms with van der Waals surface area (Å²) in [5.41, 5.74) is 14.7. The molecule has 0 bridgehead atoms. The molecule has 3 heterocycles. The van der Waals surface area contributed by atoms with Gasteiger partial charge < -0.3 is 16.0 Å². The van der Waals surface area contributed by atoms with E-state index in [1.54, 1.807) is 6.20 Å². The van der Waals surface area contributed by atoms with Gasteiger partial charge in [0.05, 0.1) is 5.52 Å². The molecule has 0 atom stereocenters. The normalized spacial score (nSPS) is 11.4. The van der Waals surface area contributed by atoms with Crippen molar-refractivity contribution < 1.29 is 4.79 Å². The number of anilines is 1. The molecule has 3 rings (SSSR count). The molecule has 0 aliphatic carbocycles. The quantitative estimate of drug-likeness (QED) is 0.612. The van der Waals surface area contributed by atoms with E-state index in [0.717, 1.165) is 66.5 Å². The lowest BCUT2D eigenvalue weighted by atomic mass is 10.2. The number of nitrogens with zero attached hydrogens (tertiary/aromatic N) is 4. The van der Waals surface area contributed by atoms with Crippen molar-refractivity contribution >= 4 is 33.8 Å². The standard InChI is InChI=1S/C18H24N6O/c1-2-7-14-23-16-17(24(14)11-5-3-4-9-13(19)25)15-12(22-18(16)20)8-6-10-21-15/h6,8,10H,2-5,7,9,11H2,1H3,(H2,19,25)(H2,20,22). The molecule has 132 valence electrons. The summed E-state index contributed by atoms with van der Waals surface area (Å²) >= 11 is 0. The van der Waals surface area contributed by atoms with E-state index in [4.69, 9.17) is 16.5 Å². The van der Waals surface area contributed by atoms with Crippen LogP contribution in [0.5, 0.6) is 0 Å². The van der Waals surface area contributed by atoms with Crippen LogP contribution < -0.4 is 11.5 Å². The number of aromatic nitrogens is 4. The number of amides is 1. The zero-order valence-electron chi connectivity index (χ0n) is 14.5. The number of hydrogen-bond acceptors (Lipinski definition) is 5. The van der Waals surface area contributed by atoms with Crippen LogP contribution in [-0.2, 0) is 17.8 Å². The Balaban J connectivity index is 1.98. The lowest BCUT2D eigenvalue weighted by molar-refractivity contribution is -0.118. The van der Waals surface area contributed by atoms with Crippen molar-refractivity contribution in [1.29, 1.82) is 0 Å². The van der Waals surface area contributed by atoms with Crippen LogP contribution >= 0.6 is 0 Å². The summed E-state index contributed by atoms with van der Waals surface area (Å²) < 4.78 is 2.22. The highest BCUT2D eigenvalue weighted by molar-refractivity contribution is 6.04. The predicted molar refractivity (Wildman–Crippen MR) is 98.9 cm³/mol. The van der Waals surface area contributed by atoms with E-state index in [-0.39, 0.29) is 5.91 Å². The van der Waals surface area contributed by atoms with Crippen LogP contribution in [0.25, 0.3) is 22.1 Å². The van der Waals surface area contributed by atoms with Crippen LogP contribution in [0.15, 0.2) is 18.3 Å². The first-order valence-electron chi connectivity index (χ1n) is 8.79. The Hall–Kier alpha value is -2.70. The van der Waals surface area contributed by atoms with Crippen LogP contribution in [0.1, 0.15) is 44.9 Å². The second kappa shape index (κ2) is 7.46. The van der Waals surface area contributed by atoms with Crippen LogP contribution in [0.3, 0.4) is 0 Å². The second-order valence-corrected chi connectivity index (χ2v) is 6.27. The first-order valence-corrected chi connectivity index (χ1v) is 8.79. The van der Waals surface area contributed by atoms with Crippen molar-refractivity contribution in [3.05, 3.63) is 24.2 Å².